The van der Waals surface area contributed by atoms with E-state index in [1.165, 1.54) is 12.1 Å². The molecule has 4 N–H and O–H groups in total. The first-order chi connectivity index (χ1) is 20.6. The molecule has 7 nitrogen and oxygen atoms in total. The summed E-state index contributed by atoms with van der Waals surface area (Å²) in [5.41, 5.74) is 2.90. The molecule has 3 unspecified atom stereocenters. The van der Waals surface area contributed by atoms with E-state index in [0.29, 0.717) is 30.6 Å². The Bertz CT molecular complexity index is 1340. The molecular weight excluding hydrogens is 569 g/mol. The minimum Gasteiger partial charge on any atom is -0.393 e. The number of halogens is 1. The maximum atomic E-state index is 13.5. The van der Waals surface area contributed by atoms with E-state index in [9.17, 15) is 33.8 Å². The van der Waals surface area contributed by atoms with Gasteiger partial charge >= 0.3 is 0 Å². The van der Waals surface area contributed by atoms with Gasteiger partial charge in [-0.2, -0.15) is 0 Å². The lowest BCUT2D eigenvalue weighted by Gasteiger charge is -2.48. The highest BCUT2D eigenvalue weighted by molar-refractivity contribution is 7.84. The number of anilines is 1. The standard InChI is InChI=1S/C34H42FNO6S/c1-43(42)21-3-2-4-24-7-15-29(16-8-24)36-32(27-9-5-25(6-10-27)19-20-34(41,22-37)23-38)30(33(36)40)17-18-31(39)26-11-13-28(35)14-12-26/h5-16,30-32,37-39,41H,2-4,17-23H2,1H3/t30-,31?,32?,43?/m1/s1. The molecule has 3 aromatic rings. The minimum absolute atomic E-state index is 0.0190. The van der Waals surface area contributed by atoms with Gasteiger partial charge < -0.3 is 25.3 Å². The number of benzene rings is 3. The first-order valence-electron chi connectivity index (χ1n) is 14.8. The van der Waals surface area contributed by atoms with Crippen molar-refractivity contribution in [2.24, 2.45) is 5.92 Å². The minimum atomic E-state index is -1.53. The molecule has 0 aromatic heterocycles. The lowest BCUT2D eigenvalue weighted by Crippen LogP contribution is -2.55. The van der Waals surface area contributed by atoms with Gasteiger partial charge in [-0.05, 0) is 91.5 Å². The van der Waals surface area contributed by atoms with E-state index in [4.69, 9.17) is 0 Å². The predicted molar refractivity (Wildman–Crippen MR) is 167 cm³/mol. The summed E-state index contributed by atoms with van der Waals surface area (Å²) in [7, 11) is -0.788. The highest BCUT2D eigenvalue weighted by atomic mass is 32.2. The number of nitrogens with zero attached hydrogens (tertiary/aromatic N) is 1. The summed E-state index contributed by atoms with van der Waals surface area (Å²) in [6, 6.07) is 21.3. The number of amides is 1. The molecule has 232 valence electrons. The topological polar surface area (TPSA) is 118 Å². The molecule has 3 aromatic carbocycles. The molecule has 4 atom stereocenters. The van der Waals surface area contributed by atoms with Crippen molar-refractivity contribution in [2.45, 2.75) is 62.7 Å². The smallest absolute Gasteiger partial charge is 0.233 e. The summed E-state index contributed by atoms with van der Waals surface area (Å²) in [6.45, 7) is -1.05. The van der Waals surface area contributed by atoms with Crippen LogP contribution < -0.4 is 4.90 Å². The molecule has 0 spiro atoms. The van der Waals surface area contributed by atoms with Crippen LogP contribution in [0.25, 0.3) is 0 Å². The zero-order valence-corrected chi connectivity index (χ0v) is 25.4. The number of unbranched alkanes of at least 4 members (excludes halogenated alkanes) is 1. The summed E-state index contributed by atoms with van der Waals surface area (Å²) >= 11 is 0. The largest absolute Gasteiger partial charge is 0.393 e. The molecule has 0 radical (unpaired) electrons. The number of hydrogen-bond acceptors (Lipinski definition) is 6. The molecule has 0 saturated carbocycles. The third-order valence-electron chi connectivity index (χ3n) is 8.37. The zero-order chi connectivity index (χ0) is 31.0. The van der Waals surface area contributed by atoms with Gasteiger partial charge in [-0.1, -0.05) is 48.5 Å². The summed E-state index contributed by atoms with van der Waals surface area (Å²) in [4.78, 5) is 15.3. The van der Waals surface area contributed by atoms with E-state index in [2.05, 4.69) is 0 Å². The molecule has 1 amide bonds. The predicted octanol–water partition coefficient (Wildman–Crippen LogP) is 4.39. The van der Waals surface area contributed by atoms with Gasteiger partial charge in [-0.25, -0.2) is 4.39 Å². The number of aliphatic hydroxyl groups excluding tert-OH is 3. The Morgan fingerprint density at radius 3 is 2.12 bits per heavy atom. The van der Waals surface area contributed by atoms with Gasteiger partial charge in [0.25, 0.3) is 0 Å². The van der Waals surface area contributed by atoms with Crippen LogP contribution in [0.15, 0.2) is 72.8 Å². The molecule has 1 aliphatic rings. The lowest BCUT2D eigenvalue weighted by molar-refractivity contribution is -0.131. The monoisotopic (exact) mass is 611 g/mol. The van der Waals surface area contributed by atoms with Crippen LogP contribution >= 0.6 is 0 Å². The second-order valence-electron chi connectivity index (χ2n) is 11.6. The zero-order valence-electron chi connectivity index (χ0n) is 24.6. The Balaban J connectivity index is 1.49. The molecule has 4 rings (SSSR count). The number of hydrogen-bond donors (Lipinski definition) is 4. The van der Waals surface area contributed by atoms with Crippen molar-refractivity contribution < 1.29 is 33.8 Å². The second-order valence-corrected chi connectivity index (χ2v) is 13.1. The van der Waals surface area contributed by atoms with Crippen LogP contribution in [-0.4, -0.2) is 61.4 Å². The lowest BCUT2D eigenvalue weighted by atomic mass is 9.78. The van der Waals surface area contributed by atoms with Crippen molar-refractivity contribution in [3.63, 3.8) is 0 Å². The molecule has 0 aliphatic carbocycles. The van der Waals surface area contributed by atoms with Crippen molar-refractivity contribution in [3.05, 3.63) is 101 Å². The van der Waals surface area contributed by atoms with E-state index < -0.39 is 35.7 Å². The maximum Gasteiger partial charge on any atom is 0.233 e. The normalized spacial score (nSPS) is 18.4. The molecule has 9 heteroatoms. The Kier molecular flexibility index (Phi) is 11.6. The molecule has 1 aliphatic heterocycles. The van der Waals surface area contributed by atoms with Crippen LogP contribution in [-0.2, 0) is 28.4 Å². The van der Waals surface area contributed by atoms with Gasteiger partial charge in [0, 0.05) is 28.5 Å². The van der Waals surface area contributed by atoms with Gasteiger partial charge in [-0.3, -0.25) is 9.00 Å². The van der Waals surface area contributed by atoms with E-state index in [-0.39, 0.29) is 30.1 Å². The van der Waals surface area contributed by atoms with Crippen LogP contribution in [0.5, 0.6) is 0 Å². The van der Waals surface area contributed by atoms with Gasteiger partial charge in [0.05, 0.1) is 31.3 Å². The third-order valence-corrected chi connectivity index (χ3v) is 9.23. The molecule has 43 heavy (non-hydrogen) atoms. The van der Waals surface area contributed by atoms with Crippen LogP contribution in [0, 0.1) is 11.7 Å². The number of aryl methyl sites for hydroxylation is 2. The van der Waals surface area contributed by atoms with Gasteiger partial charge in [-0.15, -0.1) is 0 Å². The van der Waals surface area contributed by atoms with E-state index in [0.717, 1.165) is 41.6 Å². The van der Waals surface area contributed by atoms with Crippen molar-refractivity contribution in [1.82, 2.24) is 0 Å². The van der Waals surface area contributed by atoms with Crippen LogP contribution in [0.2, 0.25) is 0 Å². The first kappa shape index (κ1) is 33.0. The number of carbonyl (C=O) groups is 1. The SMILES string of the molecule is CS(=O)CCCCc1ccc(N2C(=O)[C@H](CCC(O)c3ccc(F)cc3)C2c2ccc(CCC(O)(CO)CO)cc2)cc1. The fourth-order valence-electron chi connectivity index (χ4n) is 5.61. The van der Waals surface area contributed by atoms with E-state index >= 15 is 0 Å². The molecule has 1 saturated heterocycles. The van der Waals surface area contributed by atoms with Crippen molar-refractivity contribution in [1.29, 1.82) is 0 Å². The highest BCUT2D eigenvalue weighted by Crippen LogP contribution is 2.46. The molecule has 0 bridgehead atoms. The summed E-state index contributed by atoms with van der Waals surface area (Å²) in [6.07, 6.45) is 5.11. The summed E-state index contributed by atoms with van der Waals surface area (Å²) in [5.74, 6) is -0.0362. The number of rotatable bonds is 16. The average Bonchev–Trinajstić information content (AvgIpc) is 3.02. The van der Waals surface area contributed by atoms with Gasteiger partial charge in [0.2, 0.25) is 5.91 Å². The molecule has 1 heterocycles. The number of aliphatic hydroxyl groups is 4. The first-order valence-corrected chi connectivity index (χ1v) is 16.6. The number of carbonyl (C=O) groups excluding carboxylic acids is 1. The molecule has 1 fully saturated rings. The Morgan fingerprint density at radius 1 is 0.907 bits per heavy atom. The average molecular weight is 612 g/mol. The Morgan fingerprint density at radius 2 is 1.51 bits per heavy atom. The van der Waals surface area contributed by atoms with Gasteiger partial charge in [0.15, 0.2) is 0 Å². The van der Waals surface area contributed by atoms with E-state index in [1.54, 1.807) is 23.3 Å². The quantitative estimate of drug-likeness (QED) is 0.141. The van der Waals surface area contributed by atoms with Crippen molar-refractivity contribution in [3.8, 4) is 0 Å². The van der Waals surface area contributed by atoms with E-state index in [1.807, 2.05) is 48.5 Å². The van der Waals surface area contributed by atoms with Crippen LogP contribution in [0.3, 0.4) is 0 Å². The Labute approximate surface area is 255 Å². The van der Waals surface area contributed by atoms with Crippen molar-refractivity contribution in [2.75, 3.05) is 30.1 Å². The maximum absolute atomic E-state index is 13.5. The van der Waals surface area contributed by atoms with Crippen molar-refractivity contribution >= 4 is 22.4 Å². The third kappa shape index (κ3) is 8.58. The Hall–Kier alpha value is -2.95. The van der Waals surface area contributed by atoms with Crippen LogP contribution in [0.1, 0.15) is 66.5 Å². The van der Waals surface area contributed by atoms with Crippen LogP contribution in [0.4, 0.5) is 10.1 Å². The van der Waals surface area contributed by atoms with Gasteiger partial charge in [0.1, 0.15) is 11.4 Å². The fraction of sp³-hybridized carbons (Fsp3) is 0.441. The summed E-state index contributed by atoms with van der Waals surface area (Å²) < 4.78 is 24.7. The fourth-order valence-corrected chi connectivity index (χ4v) is 6.22. The highest BCUT2D eigenvalue weighted by Gasteiger charge is 2.48. The molecular formula is C34H42FNO6S. The second kappa shape index (κ2) is 15.2. The number of β-lactam (4-membered cyclic amide) rings is 1. The summed E-state index contributed by atoms with van der Waals surface area (Å²) in [5, 5.41) is 39.7.